The number of nitrogens with zero attached hydrogens (tertiary/aromatic N) is 1. The molecule has 2 fully saturated rings. The van der Waals surface area contributed by atoms with E-state index in [1.54, 1.807) is 58.9 Å². The molecule has 0 saturated carbocycles. The zero-order valence-corrected chi connectivity index (χ0v) is 17.9. The third kappa shape index (κ3) is 3.69. The lowest BCUT2D eigenvalue weighted by atomic mass is 10.1. The summed E-state index contributed by atoms with van der Waals surface area (Å²) in [7, 11) is -7.15. The minimum absolute atomic E-state index is 0.224. The van der Waals surface area contributed by atoms with Crippen molar-refractivity contribution >= 4 is 19.9 Å². The molecule has 2 aliphatic rings. The van der Waals surface area contributed by atoms with Gasteiger partial charge in [-0.15, -0.1) is 0 Å². The zero-order valence-electron chi connectivity index (χ0n) is 16.3. The summed E-state index contributed by atoms with van der Waals surface area (Å²) in [5, 5.41) is -0.547. The molecule has 0 aromatic heterocycles. The summed E-state index contributed by atoms with van der Waals surface area (Å²) >= 11 is 0. The van der Waals surface area contributed by atoms with Gasteiger partial charge in [0.05, 0.1) is 21.6 Å². The molecule has 0 radical (unpaired) electrons. The Bertz CT molecular complexity index is 1050. The van der Waals surface area contributed by atoms with Crippen molar-refractivity contribution in [3.05, 3.63) is 54.6 Å². The lowest BCUT2D eigenvalue weighted by molar-refractivity contribution is 0.249. The Morgan fingerprint density at radius 3 is 2.00 bits per heavy atom. The van der Waals surface area contributed by atoms with Crippen LogP contribution in [0.4, 0.5) is 0 Å². The Balaban J connectivity index is 1.58. The van der Waals surface area contributed by atoms with Crippen molar-refractivity contribution in [2.45, 2.75) is 59.7 Å². The molecule has 2 bridgehead atoms. The molecule has 29 heavy (non-hydrogen) atoms. The normalized spacial score (nSPS) is 25.1. The highest BCUT2D eigenvalue weighted by Gasteiger charge is 2.50. The van der Waals surface area contributed by atoms with Gasteiger partial charge in [-0.05, 0) is 69.0 Å². The van der Waals surface area contributed by atoms with Gasteiger partial charge in [0.15, 0.2) is 9.84 Å². The highest BCUT2D eigenvalue weighted by Crippen LogP contribution is 2.43. The third-order valence-corrected chi connectivity index (χ3v) is 10.1. The van der Waals surface area contributed by atoms with Gasteiger partial charge in [-0.1, -0.05) is 18.2 Å². The second kappa shape index (κ2) is 7.74. The van der Waals surface area contributed by atoms with Crippen molar-refractivity contribution in [1.82, 2.24) is 4.31 Å². The monoisotopic (exact) mass is 435 g/mol. The molecule has 2 saturated heterocycles. The standard InChI is InChI=1S/C21H25NO5S2/c1-2-27-18-10-12-20(13-11-18)29(25,26)22-16-8-9-17(22)15-21(14-16)28(23,24)19-6-4-3-5-7-19/h3-7,10-13,16-17,21H,2,8-9,14-15H2,1H3/t16-,17+,21?. The minimum atomic E-state index is -3.68. The van der Waals surface area contributed by atoms with E-state index in [1.165, 1.54) is 0 Å². The molecule has 4 rings (SSSR count). The maximum atomic E-state index is 13.3. The highest BCUT2D eigenvalue weighted by molar-refractivity contribution is 7.92. The molecule has 2 aromatic carbocycles. The SMILES string of the molecule is CCOc1ccc(S(=O)(=O)N2[C@@H]3CC[C@H]2CC(S(=O)(=O)c2ccccc2)C3)cc1. The maximum absolute atomic E-state index is 13.3. The molecule has 2 aromatic rings. The van der Waals surface area contributed by atoms with E-state index in [2.05, 4.69) is 0 Å². The second-order valence-corrected chi connectivity index (χ2v) is 11.6. The first-order valence-electron chi connectivity index (χ1n) is 9.89. The van der Waals surface area contributed by atoms with E-state index in [0.29, 0.717) is 42.9 Å². The fourth-order valence-corrected chi connectivity index (χ4v) is 8.29. The van der Waals surface area contributed by atoms with Gasteiger partial charge in [-0.25, -0.2) is 16.8 Å². The van der Waals surface area contributed by atoms with Crippen LogP contribution in [-0.2, 0) is 19.9 Å². The van der Waals surface area contributed by atoms with Crippen LogP contribution in [0.25, 0.3) is 0 Å². The van der Waals surface area contributed by atoms with Crippen molar-refractivity contribution in [2.24, 2.45) is 0 Å². The van der Waals surface area contributed by atoms with Crippen molar-refractivity contribution in [1.29, 1.82) is 0 Å². The van der Waals surface area contributed by atoms with Crippen LogP contribution in [0.2, 0.25) is 0 Å². The van der Waals surface area contributed by atoms with E-state index in [0.717, 1.165) is 0 Å². The van der Waals surface area contributed by atoms with E-state index in [9.17, 15) is 16.8 Å². The number of hydrogen-bond acceptors (Lipinski definition) is 5. The first kappa shape index (κ1) is 20.4. The lowest BCUT2D eigenvalue weighted by Gasteiger charge is -2.37. The maximum Gasteiger partial charge on any atom is 0.243 e. The van der Waals surface area contributed by atoms with Gasteiger partial charge in [-0.2, -0.15) is 4.31 Å². The summed E-state index contributed by atoms with van der Waals surface area (Å²) in [6.07, 6.45) is 2.07. The van der Waals surface area contributed by atoms with E-state index >= 15 is 0 Å². The Kier molecular flexibility index (Phi) is 5.44. The molecule has 2 heterocycles. The number of rotatable bonds is 6. The Morgan fingerprint density at radius 1 is 0.862 bits per heavy atom. The Labute approximate surface area is 172 Å². The molecule has 0 spiro atoms. The first-order chi connectivity index (χ1) is 13.8. The van der Waals surface area contributed by atoms with Crippen LogP contribution < -0.4 is 4.74 Å². The quantitative estimate of drug-likeness (QED) is 0.696. The van der Waals surface area contributed by atoms with E-state index in [4.69, 9.17) is 4.74 Å². The number of hydrogen-bond donors (Lipinski definition) is 0. The number of piperidine rings is 1. The number of ether oxygens (including phenoxy) is 1. The predicted molar refractivity (Wildman–Crippen MR) is 110 cm³/mol. The zero-order chi connectivity index (χ0) is 20.6. The largest absolute Gasteiger partial charge is 0.494 e. The number of sulfonamides is 1. The van der Waals surface area contributed by atoms with Crippen LogP contribution in [-0.4, -0.2) is 45.1 Å². The van der Waals surface area contributed by atoms with Gasteiger partial charge in [-0.3, -0.25) is 0 Å². The second-order valence-electron chi connectivity index (χ2n) is 7.58. The Hall–Kier alpha value is -1.90. The van der Waals surface area contributed by atoms with Gasteiger partial charge in [0.2, 0.25) is 10.0 Å². The van der Waals surface area contributed by atoms with Crippen LogP contribution >= 0.6 is 0 Å². The van der Waals surface area contributed by atoms with Crippen molar-refractivity contribution < 1.29 is 21.6 Å². The molecular formula is C21H25NO5S2. The third-order valence-electron chi connectivity index (χ3n) is 5.84. The summed E-state index contributed by atoms with van der Waals surface area (Å²) in [5.41, 5.74) is 0. The lowest BCUT2D eigenvalue weighted by Crippen LogP contribution is -2.49. The molecule has 8 heteroatoms. The van der Waals surface area contributed by atoms with E-state index in [-0.39, 0.29) is 17.0 Å². The summed E-state index contributed by atoms with van der Waals surface area (Å²) < 4.78 is 59.6. The summed E-state index contributed by atoms with van der Waals surface area (Å²) in [6.45, 7) is 2.38. The first-order valence-corrected chi connectivity index (χ1v) is 12.9. The number of fused-ring (bicyclic) bond motifs is 2. The van der Waals surface area contributed by atoms with Gasteiger partial charge < -0.3 is 4.74 Å². The van der Waals surface area contributed by atoms with Crippen molar-refractivity contribution in [2.75, 3.05) is 6.61 Å². The average molecular weight is 436 g/mol. The fourth-order valence-electron chi connectivity index (χ4n) is 4.53. The van der Waals surface area contributed by atoms with Gasteiger partial charge in [0, 0.05) is 12.1 Å². The molecule has 0 aliphatic carbocycles. The van der Waals surface area contributed by atoms with Crippen LogP contribution in [0.3, 0.4) is 0 Å². The molecule has 2 aliphatic heterocycles. The van der Waals surface area contributed by atoms with E-state index < -0.39 is 25.1 Å². The minimum Gasteiger partial charge on any atom is -0.494 e. The average Bonchev–Trinajstić information content (AvgIpc) is 3.00. The van der Waals surface area contributed by atoms with Crippen LogP contribution in [0.5, 0.6) is 5.75 Å². The molecule has 6 nitrogen and oxygen atoms in total. The van der Waals surface area contributed by atoms with Gasteiger partial charge in [0.25, 0.3) is 0 Å². The van der Waals surface area contributed by atoms with Crippen LogP contribution in [0.1, 0.15) is 32.6 Å². The van der Waals surface area contributed by atoms with Gasteiger partial charge in [0.1, 0.15) is 5.75 Å². The molecular weight excluding hydrogens is 410 g/mol. The molecule has 3 atom stereocenters. The summed E-state index contributed by atoms with van der Waals surface area (Å²) in [4.78, 5) is 0.537. The van der Waals surface area contributed by atoms with Crippen LogP contribution in [0.15, 0.2) is 64.4 Å². The summed E-state index contributed by atoms with van der Waals surface area (Å²) in [6, 6.07) is 14.3. The fraction of sp³-hybridized carbons (Fsp3) is 0.429. The smallest absolute Gasteiger partial charge is 0.243 e. The highest BCUT2D eigenvalue weighted by atomic mass is 32.2. The van der Waals surface area contributed by atoms with Crippen molar-refractivity contribution in [3.8, 4) is 5.75 Å². The summed E-state index contributed by atoms with van der Waals surface area (Å²) in [5.74, 6) is 0.627. The van der Waals surface area contributed by atoms with E-state index in [1.807, 2.05) is 6.92 Å². The van der Waals surface area contributed by atoms with Crippen LogP contribution in [0, 0.1) is 0 Å². The molecule has 156 valence electrons. The van der Waals surface area contributed by atoms with Crippen molar-refractivity contribution in [3.63, 3.8) is 0 Å². The predicted octanol–water partition coefficient (Wildman–Crippen LogP) is 3.24. The molecule has 0 N–H and O–H groups in total. The topological polar surface area (TPSA) is 80.8 Å². The number of sulfone groups is 1. The Morgan fingerprint density at radius 2 is 1.45 bits per heavy atom. The number of benzene rings is 2. The molecule has 1 unspecified atom stereocenters. The van der Waals surface area contributed by atoms with Gasteiger partial charge >= 0.3 is 0 Å². The molecule has 0 amide bonds.